The zero-order valence-electron chi connectivity index (χ0n) is 12.5. The summed E-state index contributed by atoms with van der Waals surface area (Å²) in [6.07, 6.45) is 1.27. The van der Waals surface area contributed by atoms with Crippen LogP contribution in [0.5, 0.6) is 5.75 Å². The first-order valence-corrected chi connectivity index (χ1v) is 7.23. The van der Waals surface area contributed by atoms with Gasteiger partial charge in [0.1, 0.15) is 5.75 Å². The molecule has 2 rings (SSSR count). The van der Waals surface area contributed by atoms with Crippen LogP contribution in [0.2, 0.25) is 0 Å². The lowest BCUT2D eigenvalue weighted by Crippen LogP contribution is -2.09. The number of rotatable bonds is 6. The van der Waals surface area contributed by atoms with Crippen molar-refractivity contribution in [3.05, 3.63) is 59.7 Å². The van der Waals surface area contributed by atoms with E-state index < -0.39 is 0 Å². The molecule has 20 heavy (non-hydrogen) atoms. The standard InChI is InChI=1S/C18H23NO/c1-4-15(3)20-18-10-6-9-17(12-18)19-13-16-8-5-7-14(2)11-16/h5-12,15,19H,4,13H2,1-3H3/t15-/m0/s1. The molecule has 2 heteroatoms. The summed E-state index contributed by atoms with van der Waals surface area (Å²) in [5.74, 6) is 0.925. The average Bonchev–Trinajstić information content (AvgIpc) is 2.45. The van der Waals surface area contributed by atoms with Crippen molar-refractivity contribution in [1.29, 1.82) is 0 Å². The maximum absolute atomic E-state index is 5.84. The molecular weight excluding hydrogens is 246 g/mol. The molecule has 0 aliphatic heterocycles. The maximum atomic E-state index is 5.84. The van der Waals surface area contributed by atoms with Gasteiger partial charge in [-0.1, -0.05) is 42.8 Å². The van der Waals surface area contributed by atoms with Crippen LogP contribution in [0.15, 0.2) is 48.5 Å². The minimum absolute atomic E-state index is 0.252. The van der Waals surface area contributed by atoms with E-state index in [1.807, 2.05) is 12.1 Å². The van der Waals surface area contributed by atoms with Crippen LogP contribution in [-0.4, -0.2) is 6.10 Å². The lowest BCUT2D eigenvalue weighted by Gasteiger charge is -2.14. The van der Waals surface area contributed by atoms with Crippen LogP contribution < -0.4 is 10.1 Å². The molecule has 0 spiro atoms. The van der Waals surface area contributed by atoms with Crippen molar-refractivity contribution in [3.8, 4) is 5.75 Å². The first-order chi connectivity index (χ1) is 9.67. The van der Waals surface area contributed by atoms with Crippen molar-refractivity contribution in [2.24, 2.45) is 0 Å². The first-order valence-electron chi connectivity index (χ1n) is 7.23. The maximum Gasteiger partial charge on any atom is 0.121 e. The number of anilines is 1. The Bertz CT molecular complexity index is 551. The van der Waals surface area contributed by atoms with Gasteiger partial charge in [-0.2, -0.15) is 0 Å². The molecule has 0 saturated heterocycles. The highest BCUT2D eigenvalue weighted by Gasteiger charge is 2.02. The average molecular weight is 269 g/mol. The van der Waals surface area contributed by atoms with E-state index in [-0.39, 0.29) is 6.10 Å². The Labute approximate surface area is 121 Å². The van der Waals surface area contributed by atoms with Gasteiger partial charge in [-0.15, -0.1) is 0 Å². The Kier molecular flexibility index (Phi) is 5.05. The SMILES string of the molecule is CC[C@H](C)Oc1cccc(NCc2cccc(C)c2)c1. The summed E-state index contributed by atoms with van der Waals surface area (Å²) in [4.78, 5) is 0. The predicted molar refractivity (Wildman–Crippen MR) is 85.3 cm³/mol. The molecule has 0 bridgehead atoms. The van der Waals surface area contributed by atoms with Gasteiger partial charge in [0.25, 0.3) is 0 Å². The molecule has 1 N–H and O–H groups in total. The van der Waals surface area contributed by atoms with Crippen molar-refractivity contribution >= 4 is 5.69 Å². The van der Waals surface area contributed by atoms with Crippen molar-refractivity contribution in [3.63, 3.8) is 0 Å². The second kappa shape index (κ2) is 6.99. The fraction of sp³-hybridized carbons (Fsp3) is 0.333. The second-order valence-electron chi connectivity index (χ2n) is 5.21. The first kappa shape index (κ1) is 14.4. The third-order valence-electron chi connectivity index (χ3n) is 3.33. The van der Waals surface area contributed by atoms with Crippen LogP contribution in [0, 0.1) is 6.92 Å². The third-order valence-corrected chi connectivity index (χ3v) is 3.33. The van der Waals surface area contributed by atoms with Gasteiger partial charge in [0.15, 0.2) is 0 Å². The minimum Gasteiger partial charge on any atom is -0.491 e. The quantitative estimate of drug-likeness (QED) is 0.814. The molecule has 0 amide bonds. The molecule has 0 aliphatic carbocycles. The Balaban J connectivity index is 1.97. The number of benzene rings is 2. The molecule has 106 valence electrons. The van der Waals surface area contributed by atoms with E-state index in [0.29, 0.717) is 0 Å². The number of nitrogens with one attached hydrogen (secondary N) is 1. The van der Waals surface area contributed by atoms with Gasteiger partial charge >= 0.3 is 0 Å². The number of hydrogen-bond donors (Lipinski definition) is 1. The topological polar surface area (TPSA) is 21.3 Å². The summed E-state index contributed by atoms with van der Waals surface area (Å²) in [5.41, 5.74) is 3.67. The molecule has 0 heterocycles. The molecule has 2 nitrogen and oxygen atoms in total. The van der Waals surface area contributed by atoms with E-state index in [2.05, 4.69) is 62.5 Å². The van der Waals surface area contributed by atoms with E-state index in [9.17, 15) is 0 Å². The Hall–Kier alpha value is -1.96. The van der Waals surface area contributed by atoms with Gasteiger partial charge in [0.05, 0.1) is 6.10 Å². The molecule has 0 unspecified atom stereocenters. The highest BCUT2D eigenvalue weighted by molar-refractivity contribution is 5.48. The summed E-state index contributed by atoms with van der Waals surface area (Å²) >= 11 is 0. The number of aryl methyl sites for hydroxylation is 1. The van der Waals surface area contributed by atoms with Crippen LogP contribution in [0.3, 0.4) is 0 Å². The van der Waals surface area contributed by atoms with Crippen LogP contribution in [-0.2, 0) is 6.54 Å². The van der Waals surface area contributed by atoms with E-state index in [1.165, 1.54) is 11.1 Å². The third kappa shape index (κ3) is 4.30. The molecule has 0 saturated carbocycles. The van der Waals surface area contributed by atoms with Gasteiger partial charge in [0.2, 0.25) is 0 Å². The Morgan fingerprint density at radius 1 is 1.10 bits per heavy atom. The van der Waals surface area contributed by atoms with Gasteiger partial charge in [-0.25, -0.2) is 0 Å². The monoisotopic (exact) mass is 269 g/mol. The fourth-order valence-electron chi connectivity index (χ4n) is 2.02. The van der Waals surface area contributed by atoms with E-state index in [4.69, 9.17) is 4.74 Å². The van der Waals surface area contributed by atoms with Crippen LogP contribution in [0.4, 0.5) is 5.69 Å². The zero-order chi connectivity index (χ0) is 14.4. The molecule has 0 radical (unpaired) electrons. The molecule has 0 aromatic heterocycles. The summed E-state index contributed by atoms with van der Waals surface area (Å²) in [6, 6.07) is 16.7. The lowest BCUT2D eigenvalue weighted by atomic mass is 10.1. The molecule has 2 aromatic rings. The molecule has 2 aromatic carbocycles. The molecule has 1 atom stereocenters. The highest BCUT2D eigenvalue weighted by atomic mass is 16.5. The predicted octanol–water partition coefficient (Wildman–Crippen LogP) is 4.78. The van der Waals surface area contributed by atoms with E-state index in [0.717, 1.165) is 24.4 Å². The molecule has 0 aliphatic rings. The van der Waals surface area contributed by atoms with Crippen molar-refractivity contribution < 1.29 is 4.74 Å². The van der Waals surface area contributed by atoms with Gasteiger partial charge < -0.3 is 10.1 Å². The van der Waals surface area contributed by atoms with Gasteiger partial charge in [-0.05, 0) is 38.0 Å². The summed E-state index contributed by atoms with van der Waals surface area (Å²) < 4.78 is 5.84. The van der Waals surface area contributed by atoms with Crippen molar-refractivity contribution in [2.75, 3.05) is 5.32 Å². The number of hydrogen-bond acceptors (Lipinski definition) is 2. The summed E-state index contributed by atoms with van der Waals surface area (Å²) in [6.45, 7) is 7.16. The highest BCUT2D eigenvalue weighted by Crippen LogP contribution is 2.20. The smallest absolute Gasteiger partial charge is 0.121 e. The summed E-state index contributed by atoms with van der Waals surface area (Å²) in [7, 11) is 0. The second-order valence-corrected chi connectivity index (χ2v) is 5.21. The normalized spacial score (nSPS) is 11.9. The van der Waals surface area contributed by atoms with Gasteiger partial charge in [-0.3, -0.25) is 0 Å². The van der Waals surface area contributed by atoms with Crippen molar-refractivity contribution in [2.45, 2.75) is 39.8 Å². The van der Waals surface area contributed by atoms with Crippen LogP contribution >= 0.6 is 0 Å². The Morgan fingerprint density at radius 3 is 2.65 bits per heavy atom. The largest absolute Gasteiger partial charge is 0.491 e. The van der Waals surface area contributed by atoms with Gasteiger partial charge in [0, 0.05) is 18.3 Å². The van der Waals surface area contributed by atoms with Crippen LogP contribution in [0.1, 0.15) is 31.4 Å². The Morgan fingerprint density at radius 2 is 1.90 bits per heavy atom. The summed E-state index contributed by atoms with van der Waals surface area (Å²) in [5, 5.41) is 3.44. The minimum atomic E-state index is 0.252. The fourth-order valence-corrected chi connectivity index (χ4v) is 2.02. The zero-order valence-corrected chi connectivity index (χ0v) is 12.5. The van der Waals surface area contributed by atoms with Crippen molar-refractivity contribution in [1.82, 2.24) is 0 Å². The van der Waals surface area contributed by atoms with Crippen LogP contribution in [0.25, 0.3) is 0 Å². The lowest BCUT2D eigenvalue weighted by molar-refractivity contribution is 0.217. The molecular formula is C18H23NO. The van der Waals surface area contributed by atoms with E-state index >= 15 is 0 Å². The van der Waals surface area contributed by atoms with E-state index in [1.54, 1.807) is 0 Å². The molecule has 0 fully saturated rings. The number of ether oxygens (including phenoxy) is 1.